The maximum Gasteiger partial charge on any atom is 0.259 e. The second-order valence-corrected chi connectivity index (χ2v) is 5.09. The lowest BCUT2D eigenvalue weighted by Gasteiger charge is -2.30. The molecule has 0 spiro atoms. The molecule has 0 saturated carbocycles. The second kappa shape index (κ2) is 4.96. The number of carbonyl (C=O) groups excluding carboxylic acids is 1. The summed E-state index contributed by atoms with van der Waals surface area (Å²) in [6.07, 6.45) is 3.50. The number of pyridine rings is 1. The third kappa shape index (κ3) is 2.13. The van der Waals surface area contributed by atoms with Crippen LogP contribution in [-0.4, -0.2) is 17.4 Å². The van der Waals surface area contributed by atoms with Crippen molar-refractivity contribution in [3.63, 3.8) is 0 Å². The fourth-order valence-electron chi connectivity index (χ4n) is 2.61. The van der Waals surface area contributed by atoms with Crippen molar-refractivity contribution < 1.29 is 4.79 Å². The molecule has 4 nitrogen and oxygen atoms in total. The highest BCUT2D eigenvalue weighted by Crippen LogP contribution is 2.32. The molecule has 0 fully saturated rings. The van der Waals surface area contributed by atoms with Gasteiger partial charge in [-0.25, -0.2) is 0 Å². The first kappa shape index (κ1) is 12.7. The first-order chi connectivity index (χ1) is 9.66. The first-order valence-corrected chi connectivity index (χ1v) is 6.78. The largest absolute Gasteiger partial charge is 0.398 e. The summed E-state index contributed by atoms with van der Waals surface area (Å²) in [5, 5.41) is 0. The van der Waals surface area contributed by atoms with Gasteiger partial charge in [-0.15, -0.1) is 0 Å². The van der Waals surface area contributed by atoms with E-state index in [1.165, 1.54) is 0 Å². The Balaban J connectivity index is 1.98. The normalized spacial score (nSPS) is 13.9. The molecule has 0 saturated heterocycles. The van der Waals surface area contributed by atoms with Crippen LogP contribution in [0.25, 0.3) is 0 Å². The van der Waals surface area contributed by atoms with Crippen LogP contribution in [0.3, 0.4) is 0 Å². The molecule has 0 atom stereocenters. The minimum atomic E-state index is -0.0101. The van der Waals surface area contributed by atoms with Gasteiger partial charge < -0.3 is 10.6 Å². The van der Waals surface area contributed by atoms with Gasteiger partial charge in [0, 0.05) is 29.8 Å². The summed E-state index contributed by atoms with van der Waals surface area (Å²) in [7, 11) is 0. The van der Waals surface area contributed by atoms with E-state index in [9.17, 15) is 4.79 Å². The lowest BCUT2D eigenvalue weighted by atomic mass is 9.99. The topological polar surface area (TPSA) is 59.2 Å². The molecular formula is C16H17N3O. The van der Waals surface area contributed by atoms with E-state index in [1.54, 1.807) is 6.20 Å². The number of nitrogen functional groups attached to an aromatic ring is 1. The summed E-state index contributed by atoms with van der Waals surface area (Å²) in [5.74, 6) is -0.0101. The maximum atomic E-state index is 12.6. The predicted octanol–water partition coefficient (Wildman–Crippen LogP) is 2.57. The number of aryl methyl sites for hydroxylation is 1. The number of benzene rings is 1. The molecule has 3 rings (SSSR count). The van der Waals surface area contributed by atoms with Gasteiger partial charge in [0.25, 0.3) is 5.91 Å². The number of nitrogens with zero attached hydrogens (tertiary/aromatic N) is 2. The molecule has 1 amide bonds. The molecule has 0 aliphatic carbocycles. The Labute approximate surface area is 118 Å². The van der Waals surface area contributed by atoms with Crippen molar-refractivity contribution in [2.45, 2.75) is 19.8 Å². The summed E-state index contributed by atoms with van der Waals surface area (Å²) in [6, 6.07) is 9.43. The summed E-state index contributed by atoms with van der Waals surface area (Å²) < 4.78 is 0. The van der Waals surface area contributed by atoms with Crippen molar-refractivity contribution in [2.75, 3.05) is 17.2 Å². The summed E-state index contributed by atoms with van der Waals surface area (Å²) in [5.41, 5.74) is 10.3. The summed E-state index contributed by atoms with van der Waals surface area (Å²) >= 11 is 0. The highest BCUT2D eigenvalue weighted by atomic mass is 16.2. The molecular weight excluding hydrogens is 250 g/mol. The smallest absolute Gasteiger partial charge is 0.259 e. The Morgan fingerprint density at radius 2 is 2.15 bits per heavy atom. The predicted molar refractivity (Wildman–Crippen MR) is 79.8 cm³/mol. The molecule has 1 aliphatic heterocycles. The number of fused-ring (bicyclic) bond motifs is 1. The number of anilines is 2. The third-order valence-electron chi connectivity index (χ3n) is 3.69. The number of carbonyl (C=O) groups is 1. The van der Waals surface area contributed by atoms with Crippen LogP contribution in [0.5, 0.6) is 0 Å². The molecule has 20 heavy (non-hydrogen) atoms. The van der Waals surface area contributed by atoms with Crippen molar-refractivity contribution >= 4 is 17.3 Å². The number of aromatic nitrogens is 1. The minimum absolute atomic E-state index is 0.0101. The van der Waals surface area contributed by atoms with Crippen LogP contribution in [0, 0.1) is 6.92 Å². The Hall–Kier alpha value is -2.36. The second-order valence-electron chi connectivity index (χ2n) is 5.09. The number of nitrogens with two attached hydrogens (primary N) is 1. The molecule has 2 heterocycles. The molecule has 0 bridgehead atoms. The van der Waals surface area contributed by atoms with Gasteiger partial charge in [0.2, 0.25) is 0 Å². The minimum Gasteiger partial charge on any atom is -0.398 e. The molecule has 1 aromatic heterocycles. The third-order valence-corrected chi connectivity index (χ3v) is 3.69. The van der Waals surface area contributed by atoms with Crippen LogP contribution in [-0.2, 0) is 6.42 Å². The first-order valence-electron chi connectivity index (χ1n) is 6.78. The Morgan fingerprint density at radius 3 is 2.90 bits per heavy atom. The van der Waals surface area contributed by atoms with Crippen molar-refractivity contribution in [1.29, 1.82) is 0 Å². The van der Waals surface area contributed by atoms with Gasteiger partial charge in [-0.3, -0.25) is 9.78 Å². The highest BCUT2D eigenvalue weighted by molar-refractivity contribution is 6.06. The standard InChI is InChI=1S/C16H17N3O/c1-11-7-8-12(10-18-11)16(20)19-9-3-4-13-14(17)5-2-6-15(13)19/h2,5-8,10H,3-4,9,17H2,1H3. The van der Waals surface area contributed by atoms with Gasteiger partial charge >= 0.3 is 0 Å². The fourth-order valence-corrected chi connectivity index (χ4v) is 2.61. The zero-order valence-corrected chi connectivity index (χ0v) is 11.5. The molecule has 2 N–H and O–H groups in total. The highest BCUT2D eigenvalue weighted by Gasteiger charge is 2.24. The van der Waals surface area contributed by atoms with Crippen molar-refractivity contribution in [3.05, 3.63) is 53.3 Å². The molecule has 102 valence electrons. The summed E-state index contributed by atoms with van der Waals surface area (Å²) in [6.45, 7) is 2.63. The molecule has 1 aliphatic rings. The zero-order valence-electron chi connectivity index (χ0n) is 11.5. The fraction of sp³-hybridized carbons (Fsp3) is 0.250. The van der Waals surface area contributed by atoms with Crippen molar-refractivity contribution in [1.82, 2.24) is 4.98 Å². The van der Waals surface area contributed by atoms with Crippen LogP contribution in [0.15, 0.2) is 36.5 Å². The molecule has 0 radical (unpaired) electrons. The van der Waals surface area contributed by atoms with Crippen molar-refractivity contribution in [3.8, 4) is 0 Å². The van der Waals surface area contributed by atoms with Crippen LogP contribution < -0.4 is 10.6 Å². The molecule has 4 heteroatoms. The number of rotatable bonds is 1. The number of amides is 1. The van der Waals surface area contributed by atoms with Gasteiger partial charge in [0.05, 0.1) is 5.56 Å². The van der Waals surface area contributed by atoms with Gasteiger partial charge in [-0.1, -0.05) is 6.07 Å². The van der Waals surface area contributed by atoms with E-state index in [0.717, 1.165) is 42.0 Å². The summed E-state index contributed by atoms with van der Waals surface area (Å²) in [4.78, 5) is 18.6. The van der Waals surface area contributed by atoms with E-state index < -0.39 is 0 Å². The lowest BCUT2D eigenvalue weighted by molar-refractivity contribution is 0.0985. The number of hydrogen-bond donors (Lipinski definition) is 1. The quantitative estimate of drug-likeness (QED) is 0.808. The Kier molecular flexibility index (Phi) is 3.14. The van der Waals surface area contributed by atoms with Crippen LogP contribution >= 0.6 is 0 Å². The molecule has 0 unspecified atom stereocenters. The Morgan fingerprint density at radius 1 is 1.30 bits per heavy atom. The monoisotopic (exact) mass is 267 g/mol. The molecule has 2 aromatic rings. The average Bonchev–Trinajstić information content (AvgIpc) is 2.47. The lowest BCUT2D eigenvalue weighted by Crippen LogP contribution is -2.35. The van der Waals surface area contributed by atoms with E-state index in [0.29, 0.717) is 5.56 Å². The van der Waals surface area contributed by atoms with Crippen LogP contribution in [0.1, 0.15) is 28.0 Å². The molecule has 1 aromatic carbocycles. The van der Waals surface area contributed by atoms with Gasteiger partial charge in [-0.05, 0) is 49.6 Å². The average molecular weight is 267 g/mol. The van der Waals surface area contributed by atoms with E-state index in [2.05, 4.69) is 4.98 Å². The maximum absolute atomic E-state index is 12.6. The van der Waals surface area contributed by atoms with Gasteiger partial charge in [-0.2, -0.15) is 0 Å². The van der Waals surface area contributed by atoms with E-state index in [-0.39, 0.29) is 5.91 Å². The zero-order chi connectivity index (χ0) is 14.1. The van der Waals surface area contributed by atoms with E-state index in [1.807, 2.05) is 42.2 Å². The SMILES string of the molecule is Cc1ccc(C(=O)N2CCCc3c(N)cccc32)cn1. The van der Waals surface area contributed by atoms with Gasteiger partial charge in [0.15, 0.2) is 0 Å². The number of hydrogen-bond acceptors (Lipinski definition) is 3. The van der Waals surface area contributed by atoms with Crippen LogP contribution in [0.4, 0.5) is 11.4 Å². The Bertz CT molecular complexity index is 649. The van der Waals surface area contributed by atoms with E-state index in [4.69, 9.17) is 5.73 Å². The van der Waals surface area contributed by atoms with Gasteiger partial charge in [0.1, 0.15) is 0 Å². The van der Waals surface area contributed by atoms with E-state index >= 15 is 0 Å². The van der Waals surface area contributed by atoms with Crippen LogP contribution in [0.2, 0.25) is 0 Å². The van der Waals surface area contributed by atoms with Crippen molar-refractivity contribution in [2.24, 2.45) is 0 Å².